The number of hydrogen-bond acceptors (Lipinski definition) is 8. The number of nitrogens with two attached hydrogens (primary N) is 1. The monoisotopic (exact) mass is 549 g/mol. The van der Waals surface area contributed by atoms with Crippen molar-refractivity contribution in [2.24, 2.45) is 5.73 Å². The van der Waals surface area contributed by atoms with Gasteiger partial charge in [-0.2, -0.15) is 0 Å². The van der Waals surface area contributed by atoms with Crippen molar-refractivity contribution in [3.05, 3.63) is 88.4 Å². The molecule has 0 radical (unpaired) electrons. The number of ether oxygens (including phenoxy) is 1. The van der Waals surface area contributed by atoms with Gasteiger partial charge in [0, 0.05) is 15.4 Å². The van der Waals surface area contributed by atoms with Crippen LogP contribution in [0, 0.1) is 0 Å². The van der Waals surface area contributed by atoms with Crippen molar-refractivity contribution < 1.29 is 23.6 Å². The van der Waals surface area contributed by atoms with Gasteiger partial charge in [-0.3, -0.25) is 4.52 Å². The van der Waals surface area contributed by atoms with Crippen LogP contribution in [-0.2, 0) is 15.7 Å². The predicted octanol–water partition coefficient (Wildman–Crippen LogP) is 5.70. The SMILES string of the molecule is N[C@@H](COP(=O)(O)O)c1nnc(-c2ccc(Sc3cccc(OCc4ccccc4)c3)cc2Cl)s1. The number of phosphoric ester groups is 1. The Balaban J connectivity index is 1.41. The van der Waals surface area contributed by atoms with E-state index in [1.54, 1.807) is 11.8 Å². The van der Waals surface area contributed by atoms with Crippen molar-refractivity contribution in [3.63, 3.8) is 0 Å². The molecule has 4 aromatic rings. The summed E-state index contributed by atoms with van der Waals surface area (Å²) >= 11 is 9.27. The van der Waals surface area contributed by atoms with Gasteiger partial charge >= 0.3 is 7.82 Å². The summed E-state index contributed by atoms with van der Waals surface area (Å²) in [5.74, 6) is 0.780. The molecule has 1 atom stereocenters. The maximum atomic E-state index is 10.9. The van der Waals surface area contributed by atoms with Gasteiger partial charge in [0.15, 0.2) is 0 Å². The van der Waals surface area contributed by atoms with E-state index in [-0.39, 0.29) is 6.61 Å². The zero-order chi connectivity index (χ0) is 24.8. The lowest BCUT2D eigenvalue weighted by Crippen LogP contribution is -2.16. The lowest BCUT2D eigenvalue weighted by Gasteiger charge is -2.09. The maximum Gasteiger partial charge on any atom is 0.469 e. The first kappa shape index (κ1) is 25.8. The molecule has 0 saturated heterocycles. The lowest BCUT2D eigenvalue weighted by molar-refractivity contribution is 0.186. The third kappa shape index (κ3) is 7.60. The van der Waals surface area contributed by atoms with Gasteiger partial charge in [0.25, 0.3) is 0 Å². The zero-order valence-electron chi connectivity index (χ0n) is 18.2. The fraction of sp³-hybridized carbons (Fsp3) is 0.130. The summed E-state index contributed by atoms with van der Waals surface area (Å²) < 4.78 is 21.2. The summed E-state index contributed by atoms with van der Waals surface area (Å²) in [6.07, 6.45) is 0. The van der Waals surface area contributed by atoms with Crippen LogP contribution in [0.4, 0.5) is 0 Å². The maximum absolute atomic E-state index is 10.9. The summed E-state index contributed by atoms with van der Waals surface area (Å²) in [5.41, 5.74) is 7.68. The molecule has 1 aromatic heterocycles. The largest absolute Gasteiger partial charge is 0.489 e. The van der Waals surface area contributed by atoms with Crippen molar-refractivity contribution in [1.82, 2.24) is 10.2 Å². The molecular formula is C23H21ClN3O5PS2. The van der Waals surface area contributed by atoms with E-state index in [0.29, 0.717) is 27.2 Å². The summed E-state index contributed by atoms with van der Waals surface area (Å²) in [7, 11) is -4.61. The average molecular weight is 550 g/mol. The molecule has 0 saturated carbocycles. The Kier molecular flexibility index (Phi) is 8.59. The van der Waals surface area contributed by atoms with E-state index in [2.05, 4.69) is 14.7 Å². The highest BCUT2D eigenvalue weighted by atomic mass is 35.5. The normalized spacial score (nSPS) is 12.5. The molecule has 0 spiro atoms. The van der Waals surface area contributed by atoms with Crippen LogP contribution in [0.2, 0.25) is 5.02 Å². The van der Waals surface area contributed by atoms with Gasteiger partial charge in [-0.1, -0.05) is 71.1 Å². The van der Waals surface area contributed by atoms with E-state index in [1.807, 2.05) is 72.8 Å². The number of rotatable bonds is 10. The molecule has 0 fully saturated rings. The van der Waals surface area contributed by atoms with E-state index in [4.69, 9.17) is 31.9 Å². The first-order chi connectivity index (χ1) is 16.8. The van der Waals surface area contributed by atoms with Crippen LogP contribution < -0.4 is 10.5 Å². The molecule has 0 aliphatic heterocycles. The van der Waals surface area contributed by atoms with Gasteiger partial charge in [-0.05, 0) is 42.0 Å². The lowest BCUT2D eigenvalue weighted by atomic mass is 10.2. The second-order valence-electron chi connectivity index (χ2n) is 7.33. The summed E-state index contributed by atoms with van der Waals surface area (Å²) in [6.45, 7) is 0.116. The van der Waals surface area contributed by atoms with Crippen LogP contribution in [0.15, 0.2) is 82.6 Å². The Labute approximate surface area is 215 Å². The number of phosphoric acid groups is 1. The van der Waals surface area contributed by atoms with Crippen LogP contribution >= 0.6 is 42.5 Å². The molecule has 35 heavy (non-hydrogen) atoms. The number of nitrogens with zero attached hydrogens (tertiary/aromatic N) is 2. The molecule has 8 nitrogen and oxygen atoms in total. The molecule has 0 aliphatic carbocycles. The second-order valence-corrected chi connectivity index (χ2v) is 11.1. The molecule has 3 aromatic carbocycles. The van der Waals surface area contributed by atoms with Gasteiger partial charge in [0.2, 0.25) is 0 Å². The highest BCUT2D eigenvalue weighted by molar-refractivity contribution is 7.99. The van der Waals surface area contributed by atoms with E-state index in [0.717, 1.165) is 21.1 Å². The number of aromatic nitrogens is 2. The Morgan fingerprint density at radius 1 is 1.03 bits per heavy atom. The topological polar surface area (TPSA) is 128 Å². The number of hydrogen-bond donors (Lipinski definition) is 3. The van der Waals surface area contributed by atoms with Gasteiger partial charge < -0.3 is 20.3 Å². The number of halogens is 1. The fourth-order valence-electron chi connectivity index (χ4n) is 2.98. The molecule has 0 bridgehead atoms. The van der Waals surface area contributed by atoms with Crippen molar-refractivity contribution in [2.75, 3.05) is 6.61 Å². The Bertz CT molecular complexity index is 1340. The molecule has 4 N–H and O–H groups in total. The van der Waals surface area contributed by atoms with E-state index < -0.39 is 13.9 Å². The summed E-state index contributed by atoms with van der Waals surface area (Å²) in [6, 6.07) is 22.6. The third-order valence-corrected chi connectivity index (χ3v) is 7.51. The second kappa shape index (κ2) is 11.6. The molecule has 0 amide bonds. The summed E-state index contributed by atoms with van der Waals surface area (Å²) in [4.78, 5) is 19.6. The third-order valence-electron chi connectivity index (χ3n) is 4.64. The van der Waals surface area contributed by atoms with Crippen molar-refractivity contribution in [2.45, 2.75) is 22.4 Å². The molecule has 4 rings (SSSR count). The predicted molar refractivity (Wildman–Crippen MR) is 137 cm³/mol. The molecule has 12 heteroatoms. The Hall–Kier alpha value is -2.27. The van der Waals surface area contributed by atoms with Crippen molar-refractivity contribution in [1.29, 1.82) is 0 Å². The Morgan fingerprint density at radius 3 is 2.54 bits per heavy atom. The van der Waals surface area contributed by atoms with Gasteiger partial charge in [0.05, 0.1) is 17.7 Å². The quantitative estimate of drug-likeness (QED) is 0.213. The van der Waals surface area contributed by atoms with Gasteiger partial charge in [-0.15, -0.1) is 10.2 Å². The van der Waals surface area contributed by atoms with Crippen LogP contribution in [0.25, 0.3) is 10.6 Å². The highest BCUT2D eigenvalue weighted by Crippen LogP contribution is 2.39. The van der Waals surface area contributed by atoms with E-state index >= 15 is 0 Å². The first-order valence-corrected chi connectivity index (χ1v) is 13.8. The Morgan fingerprint density at radius 2 is 1.80 bits per heavy atom. The van der Waals surface area contributed by atoms with E-state index in [9.17, 15) is 4.57 Å². The minimum atomic E-state index is -4.61. The molecule has 0 unspecified atom stereocenters. The van der Waals surface area contributed by atoms with Crippen molar-refractivity contribution in [3.8, 4) is 16.3 Å². The van der Waals surface area contributed by atoms with Crippen LogP contribution in [0.1, 0.15) is 16.6 Å². The molecule has 0 aliphatic rings. The molecule has 182 valence electrons. The standard InChI is InChI=1S/C23H21ClN3O5PS2/c24-20-12-18(34-17-8-4-7-16(11-17)31-13-15-5-2-1-3-6-15)9-10-19(20)22-26-27-23(35-22)21(25)14-32-33(28,29)30/h1-12,21H,13-14,25H2,(H2,28,29,30)/t21-/m0/s1. The first-order valence-electron chi connectivity index (χ1n) is 10.3. The fourth-order valence-corrected chi connectivity index (χ4v) is 5.50. The highest BCUT2D eigenvalue weighted by Gasteiger charge is 2.20. The van der Waals surface area contributed by atoms with Crippen LogP contribution in [0.3, 0.4) is 0 Å². The van der Waals surface area contributed by atoms with E-state index in [1.165, 1.54) is 11.3 Å². The minimum absolute atomic E-state index is 0.379. The van der Waals surface area contributed by atoms with Crippen LogP contribution in [0.5, 0.6) is 5.75 Å². The number of benzene rings is 3. The van der Waals surface area contributed by atoms with Gasteiger partial charge in [-0.25, -0.2) is 4.57 Å². The smallest absolute Gasteiger partial charge is 0.469 e. The summed E-state index contributed by atoms with van der Waals surface area (Å²) in [5, 5.41) is 9.55. The molecule has 1 heterocycles. The van der Waals surface area contributed by atoms with Crippen molar-refractivity contribution >= 4 is 42.5 Å². The average Bonchev–Trinajstić information content (AvgIpc) is 3.32. The van der Waals surface area contributed by atoms with Crippen LogP contribution in [-0.4, -0.2) is 26.6 Å². The zero-order valence-corrected chi connectivity index (χ0v) is 21.4. The van der Waals surface area contributed by atoms with Gasteiger partial charge in [0.1, 0.15) is 22.4 Å². The minimum Gasteiger partial charge on any atom is -0.489 e. The molecular weight excluding hydrogens is 529 g/mol.